The van der Waals surface area contributed by atoms with E-state index in [1.807, 2.05) is 0 Å². The molecule has 1 aliphatic carbocycles. The minimum Gasteiger partial charge on any atom is -0.352 e. The second-order valence-corrected chi connectivity index (χ2v) is 5.21. The van der Waals surface area contributed by atoms with Crippen LogP contribution >= 0.6 is 22.6 Å². The van der Waals surface area contributed by atoms with Crippen LogP contribution in [0.2, 0.25) is 0 Å². The topological polar surface area (TPSA) is 29.1 Å². The van der Waals surface area contributed by atoms with Gasteiger partial charge in [0.1, 0.15) is 0 Å². The molecule has 0 aromatic carbocycles. The standard InChI is InChI=1S/C10H18INO/c1-6(2)9(5-11)12-10(13)8-4-7(8)3/h6-9H,4-5H2,1-3H3,(H,12,13). The Balaban J connectivity index is 2.33. The maximum absolute atomic E-state index is 11.6. The fourth-order valence-corrected chi connectivity index (χ4v) is 2.60. The smallest absolute Gasteiger partial charge is 0.223 e. The van der Waals surface area contributed by atoms with Crippen LogP contribution in [0.5, 0.6) is 0 Å². The first-order valence-electron chi connectivity index (χ1n) is 4.92. The fourth-order valence-electron chi connectivity index (χ4n) is 1.36. The van der Waals surface area contributed by atoms with E-state index in [1.165, 1.54) is 0 Å². The van der Waals surface area contributed by atoms with Crippen LogP contribution in [0.4, 0.5) is 0 Å². The molecule has 3 unspecified atom stereocenters. The van der Waals surface area contributed by atoms with E-state index in [1.54, 1.807) is 0 Å². The molecule has 0 bridgehead atoms. The highest BCUT2D eigenvalue weighted by atomic mass is 127. The third-order valence-electron chi connectivity index (χ3n) is 2.74. The molecule has 3 atom stereocenters. The molecular formula is C10H18INO. The molecular weight excluding hydrogens is 277 g/mol. The summed E-state index contributed by atoms with van der Waals surface area (Å²) in [6, 6.07) is 0.348. The van der Waals surface area contributed by atoms with Gasteiger partial charge in [-0.15, -0.1) is 0 Å². The van der Waals surface area contributed by atoms with Gasteiger partial charge in [0.25, 0.3) is 0 Å². The molecule has 0 aliphatic heterocycles. The summed E-state index contributed by atoms with van der Waals surface area (Å²) in [4.78, 5) is 11.6. The normalized spacial score (nSPS) is 28.7. The van der Waals surface area contributed by atoms with E-state index in [-0.39, 0.29) is 5.91 Å². The van der Waals surface area contributed by atoms with Crippen molar-refractivity contribution < 1.29 is 4.79 Å². The summed E-state index contributed by atoms with van der Waals surface area (Å²) in [5.74, 6) is 1.73. The number of carbonyl (C=O) groups is 1. The highest BCUT2D eigenvalue weighted by molar-refractivity contribution is 14.1. The lowest BCUT2D eigenvalue weighted by molar-refractivity contribution is -0.123. The van der Waals surface area contributed by atoms with Gasteiger partial charge in [-0.3, -0.25) is 4.79 Å². The molecule has 1 fully saturated rings. The van der Waals surface area contributed by atoms with Gasteiger partial charge in [-0.05, 0) is 18.3 Å². The van der Waals surface area contributed by atoms with Gasteiger partial charge >= 0.3 is 0 Å². The minimum atomic E-state index is 0.267. The zero-order valence-corrected chi connectivity index (χ0v) is 10.7. The number of nitrogens with one attached hydrogen (secondary N) is 1. The van der Waals surface area contributed by atoms with Crippen LogP contribution < -0.4 is 5.32 Å². The average molecular weight is 295 g/mol. The van der Waals surface area contributed by atoms with Crippen LogP contribution in [0.1, 0.15) is 27.2 Å². The molecule has 1 N–H and O–H groups in total. The number of rotatable bonds is 4. The Labute approximate surface area is 94.0 Å². The Kier molecular flexibility index (Phi) is 4.01. The van der Waals surface area contributed by atoms with Gasteiger partial charge in [0, 0.05) is 16.4 Å². The Morgan fingerprint density at radius 1 is 1.62 bits per heavy atom. The van der Waals surface area contributed by atoms with Crippen LogP contribution in [-0.4, -0.2) is 16.4 Å². The maximum Gasteiger partial charge on any atom is 0.223 e. The van der Waals surface area contributed by atoms with Gasteiger partial charge < -0.3 is 5.32 Å². The van der Waals surface area contributed by atoms with Crippen molar-refractivity contribution in [2.45, 2.75) is 33.2 Å². The van der Waals surface area contributed by atoms with Crippen LogP contribution in [0.25, 0.3) is 0 Å². The van der Waals surface area contributed by atoms with Crippen molar-refractivity contribution in [2.24, 2.45) is 17.8 Å². The first-order valence-corrected chi connectivity index (χ1v) is 6.45. The highest BCUT2D eigenvalue weighted by Crippen LogP contribution is 2.37. The highest BCUT2D eigenvalue weighted by Gasteiger charge is 2.39. The van der Waals surface area contributed by atoms with Crippen LogP contribution in [0.3, 0.4) is 0 Å². The number of carbonyl (C=O) groups excluding carboxylic acids is 1. The molecule has 1 rings (SSSR count). The summed E-state index contributed by atoms with van der Waals surface area (Å²) in [6.07, 6.45) is 1.08. The van der Waals surface area contributed by atoms with E-state index >= 15 is 0 Å². The Bertz CT molecular complexity index is 193. The third-order valence-corrected chi connectivity index (χ3v) is 3.69. The zero-order valence-electron chi connectivity index (χ0n) is 8.51. The molecule has 1 aliphatic rings. The fraction of sp³-hybridized carbons (Fsp3) is 0.900. The van der Waals surface area contributed by atoms with Gasteiger partial charge in [0.15, 0.2) is 0 Å². The molecule has 0 aromatic heterocycles. The van der Waals surface area contributed by atoms with E-state index in [0.29, 0.717) is 23.8 Å². The van der Waals surface area contributed by atoms with Gasteiger partial charge in [-0.25, -0.2) is 0 Å². The van der Waals surface area contributed by atoms with Crippen molar-refractivity contribution in [3.8, 4) is 0 Å². The first kappa shape index (κ1) is 11.3. The van der Waals surface area contributed by atoms with Crippen molar-refractivity contribution in [3.05, 3.63) is 0 Å². The summed E-state index contributed by atoms with van der Waals surface area (Å²) >= 11 is 2.33. The van der Waals surface area contributed by atoms with Crippen molar-refractivity contribution in [1.29, 1.82) is 0 Å². The molecule has 13 heavy (non-hydrogen) atoms. The third kappa shape index (κ3) is 3.11. The molecule has 2 nitrogen and oxygen atoms in total. The number of hydrogen-bond donors (Lipinski definition) is 1. The average Bonchev–Trinajstić information content (AvgIpc) is 2.77. The van der Waals surface area contributed by atoms with Gasteiger partial charge in [-0.1, -0.05) is 43.4 Å². The molecule has 1 saturated carbocycles. The summed E-state index contributed by atoms with van der Waals surface area (Å²) < 4.78 is 1.00. The predicted molar refractivity (Wildman–Crippen MR) is 62.9 cm³/mol. The first-order chi connectivity index (χ1) is 6.06. The van der Waals surface area contributed by atoms with Crippen LogP contribution in [-0.2, 0) is 4.79 Å². The van der Waals surface area contributed by atoms with E-state index in [4.69, 9.17) is 0 Å². The molecule has 0 aromatic rings. The number of hydrogen-bond acceptors (Lipinski definition) is 1. The van der Waals surface area contributed by atoms with Crippen LogP contribution in [0.15, 0.2) is 0 Å². The number of alkyl halides is 1. The zero-order chi connectivity index (χ0) is 10.0. The van der Waals surface area contributed by atoms with E-state index < -0.39 is 0 Å². The van der Waals surface area contributed by atoms with Crippen molar-refractivity contribution in [3.63, 3.8) is 0 Å². The minimum absolute atomic E-state index is 0.267. The summed E-state index contributed by atoms with van der Waals surface area (Å²) in [5.41, 5.74) is 0. The molecule has 0 spiro atoms. The molecule has 0 heterocycles. The van der Waals surface area contributed by atoms with Crippen LogP contribution in [0, 0.1) is 17.8 Å². The SMILES string of the molecule is CC(C)C(CI)NC(=O)C1CC1C. The second kappa shape index (κ2) is 4.62. The monoisotopic (exact) mass is 295 g/mol. The number of halogens is 1. The van der Waals surface area contributed by atoms with Crippen molar-refractivity contribution in [1.82, 2.24) is 5.32 Å². The van der Waals surface area contributed by atoms with E-state index in [0.717, 1.165) is 10.8 Å². The lowest BCUT2D eigenvalue weighted by Gasteiger charge is -2.19. The van der Waals surface area contributed by atoms with Gasteiger partial charge in [-0.2, -0.15) is 0 Å². The Morgan fingerprint density at radius 2 is 2.15 bits per heavy atom. The maximum atomic E-state index is 11.6. The van der Waals surface area contributed by atoms with Gasteiger partial charge in [0.2, 0.25) is 5.91 Å². The summed E-state index contributed by atoms with van der Waals surface area (Å²) in [7, 11) is 0. The Hall–Kier alpha value is 0.200. The quantitative estimate of drug-likeness (QED) is 0.625. The largest absolute Gasteiger partial charge is 0.352 e. The Morgan fingerprint density at radius 3 is 2.46 bits per heavy atom. The van der Waals surface area contributed by atoms with E-state index in [9.17, 15) is 4.79 Å². The predicted octanol–water partition coefficient (Wildman–Crippen LogP) is 2.22. The number of amides is 1. The summed E-state index contributed by atoms with van der Waals surface area (Å²) in [5, 5.41) is 3.11. The lowest BCUT2D eigenvalue weighted by atomic mass is 10.1. The lowest BCUT2D eigenvalue weighted by Crippen LogP contribution is -2.40. The molecule has 1 amide bonds. The van der Waals surface area contributed by atoms with Crippen molar-refractivity contribution >= 4 is 28.5 Å². The second-order valence-electron chi connectivity index (χ2n) is 4.33. The van der Waals surface area contributed by atoms with E-state index in [2.05, 4.69) is 48.7 Å². The van der Waals surface area contributed by atoms with Gasteiger partial charge in [0.05, 0.1) is 0 Å². The molecule has 0 saturated heterocycles. The molecule has 3 heteroatoms. The summed E-state index contributed by atoms with van der Waals surface area (Å²) in [6.45, 7) is 6.44. The van der Waals surface area contributed by atoms with Crippen molar-refractivity contribution in [2.75, 3.05) is 4.43 Å². The molecule has 76 valence electrons. The molecule has 0 radical (unpaired) electrons.